The smallest absolute Gasteiger partial charge is 0.344 e. The van der Waals surface area contributed by atoms with Crippen LogP contribution in [0.25, 0.3) is 5.57 Å². The Morgan fingerprint density at radius 1 is 1.00 bits per heavy atom. The second-order valence-corrected chi connectivity index (χ2v) is 17.9. The van der Waals surface area contributed by atoms with E-state index in [2.05, 4.69) is 36.5 Å². The van der Waals surface area contributed by atoms with E-state index in [1.165, 1.54) is 14.2 Å². The number of esters is 2. The summed E-state index contributed by atoms with van der Waals surface area (Å²) in [5, 5.41) is 0. The molecule has 2 aromatic carbocycles. The molecular formula is C36H48N2O10Si. The van der Waals surface area contributed by atoms with Gasteiger partial charge in [-0.05, 0) is 43.2 Å². The summed E-state index contributed by atoms with van der Waals surface area (Å²) in [7, 11) is 1.24. The van der Waals surface area contributed by atoms with Gasteiger partial charge in [0.1, 0.15) is 11.5 Å². The molecule has 12 nitrogen and oxygen atoms in total. The average molecular weight is 697 g/mol. The van der Waals surface area contributed by atoms with Crippen LogP contribution in [0.2, 0.25) is 19.6 Å². The summed E-state index contributed by atoms with van der Waals surface area (Å²) < 4.78 is 45.1. The first kappa shape index (κ1) is 37.3. The Labute approximate surface area is 289 Å². The molecule has 0 amide bonds. The number of fused-ring (bicyclic) bond motifs is 1. The van der Waals surface area contributed by atoms with Crippen molar-refractivity contribution in [3.8, 4) is 29.0 Å². The molecule has 1 unspecified atom stereocenters. The largest absolute Gasteiger partial charge is 0.497 e. The highest BCUT2D eigenvalue weighted by Crippen LogP contribution is 2.39. The summed E-state index contributed by atoms with van der Waals surface area (Å²) >= 11 is 0. The van der Waals surface area contributed by atoms with Crippen LogP contribution in [0.15, 0.2) is 48.2 Å². The van der Waals surface area contributed by atoms with E-state index < -0.39 is 20.0 Å². The molecule has 1 aliphatic rings. The van der Waals surface area contributed by atoms with E-state index in [0.29, 0.717) is 34.1 Å². The predicted molar refractivity (Wildman–Crippen MR) is 186 cm³/mol. The van der Waals surface area contributed by atoms with E-state index in [1.54, 1.807) is 37.4 Å². The average Bonchev–Trinajstić information content (AvgIpc) is 3.75. The number of methoxy groups -OCH3 is 2. The highest BCUT2D eigenvalue weighted by atomic mass is 28.3. The summed E-state index contributed by atoms with van der Waals surface area (Å²) in [6.45, 7) is 10.8. The van der Waals surface area contributed by atoms with Crippen LogP contribution in [0.1, 0.15) is 56.4 Å². The number of nitrogens with one attached hydrogen (secondary N) is 1. The lowest BCUT2D eigenvalue weighted by molar-refractivity contribution is -0.145. The molecule has 2 heterocycles. The molecule has 0 saturated carbocycles. The molecule has 1 aromatic heterocycles. The molecule has 0 saturated heterocycles. The minimum atomic E-state index is -1.61. The van der Waals surface area contributed by atoms with E-state index in [-0.39, 0.29) is 56.3 Å². The number of aromatic nitrogens is 2. The number of hydrogen-bond acceptors (Lipinski definition) is 11. The van der Waals surface area contributed by atoms with Gasteiger partial charge in [0.2, 0.25) is 6.79 Å². The number of H-pyrrole nitrogens is 1. The Hall–Kier alpha value is -4.49. The maximum Gasteiger partial charge on any atom is 0.344 e. The van der Waals surface area contributed by atoms with Crippen LogP contribution >= 0.6 is 0 Å². The van der Waals surface area contributed by atoms with Crippen LogP contribution in [0.3, 0.4) is 0 Å². The third kappa shape index (κ3) is 10.3. The second-order valence-electron chi connectivity index (χ2n) is 12.5. The van der Waals surface area contributed by atoms with E-state index in [0.717, 1.165) is 31.2 Å². The summed E-state index contributed by atoms with van der Waals surface area (Å²) in [5.41, 5.74) is 2.55. The molecule has 3 aromatic rings. The van der Waals surface area contributed by atoms with Crippen molar-refractivity contribution in [3.05, 3.63) is 65.0 Å². The van der Waals surface area contributed by atoms with E-state index in [9.17, 15) is 9.59 Å². The molecule has 1 N–H and O–H groups in total. The van der Waals surface area contributed by atoms with Crippen molar-refractivity contribution in [2.75, 3.05) is 41.0 Å². The minimum absolute atomic E-state index is 0.0184. The Kier molecular flexibility index (Phi) is 13.5. The fraction of sp³-hybridized carbons (Fsp3) is 0.472. The van der Waals surface area contributed by atoms with Crippen LogP contribution in [-0.2, 0) is 30.2 Å². The van der Waals surface area contributed by atoms with Crippen molar-refractivity contribution in [1.29, 1.82) is 0 Å². The third-order valence-electron chi connectivity index (χ3n) is 7.98. The van der Waals surface area contributed by atoms with Crippen LogP contribution in [0.5, 0.6) is 29.0 Å². The normalized spacial score (nSPS) is 13.4. The molecule has 49 heavy (non-hydrogen) atoms. The fourth-order valence-corrected chi connectivity index (χ4v) is 7.07. The van der Waals surface area contributed by atoms with Crippen LogP contribution in [0.4, 0.5) is 0 Å². The van der Waals surface area contributed by atoms with Gasteiger partial charge in [0.15, 0.2) is 24.9 Å². The van der Waals surface area contributed by atoms with Crippen LogP contribution < -0.4 is 23.7 Å². The predicted octanol–water partition coefficient (Wildman–Crippen LogP) is 6.49. The monoisotopic (exact) mass is 696 g/mol. The second kappa shape index (κ2) is 17.8. The zero-order valence-electron chi connectivity index (χ0n) is 29.5. The lowest BCUT2D eigenvalue weighted by atomic mass is 9.92. The van der Waals surface area contributed by atoms with Gasteiger partial charge in [-0.15, -0.1) is 0 Å². The zero-order chi connectivity index (χ0) is 35.4. The molecule has 0 aliphatic carbocycles. The first-order valence-corrected chi connectivity index (χ1v) is 20.1. The third-order valence-corrected chi connectivity index (χ3v) is 10.4. The molecule has 266 valence electrons. The number of imidazole rings is 1. The maximum atomic E-state index is 13.6. The Morgan fingerprint density at radius 2 is 1.80 bits per heavy atom. The Bertz CT molecular complexity index is 1600. The summed E-state index contributed by atoms with van der Waals surface area (Å²) in [6.07, 6.45) is 6.11. The minimum Gasteiger partial charge on any atom is -0.497 e. The number of carbonyl (C=O) groups is 2. The Morgan fingerprint density at radius 3 is 2.51 bits per heavy atom. The maximum absolute atomic E-state index is 13.6. The van der Waals surface area contributed by atoms with Crippen LogP contribution in [-0.4, -0.2) is 76.7 Å². The van der Waals surface area contributed by atoms with Gasteiger partial charge in [-0.2, -0.15) is 0 Å². The summed E-state index contributed by atoms with van der Waals surface area (Å²) in [5.74, 6) is 0.842. The molecule has 1 aliphatic heterocycles. The molecule has 4 rings (SSSR count). The fourth-order valence-electron chi connectivity index (χ4n) is 5.43. The topological polar surface area (TPSA) is 137 Å². The van der Waals surface area contributed by atoms with Gasteiger partial charge in [-0.1, -0.05) is 51.9 Å². The summed E-state index contributed by atoms with van der Waals surface area (Å²) in [4.78, 5) is 33.6. The molecule has 13 heteroatoms. The van der Waals surface area contributed by atoms with Crippen molar-refractivity contribution >= 4 is 25.6 Å². The number of benzene rings is 2. The van der Waals surface area contributed by atoms with E-state index >= 15 is 0 Å². The number of ether oxygens (including phenoxy) is 8. The van der Waals surface area contributed by atoms with Gasteiger partial charge >= 0.3 is 11.9 Å². The van der Waals surface area contributed by atoms with E-state index in [4.69, 9.17) is 37.9 Å². The van der Waals surface area contributed by atoms with Crippen molar-refractivity contribution < 1.29 is 47.5 Å². The van der Waals surface area contributed by atoms with Gasteiger partial charge in [-0.3, -0.25) is 0 Å². The Balaban J connectivity index is 1.75. The molecule has 0 fully saturated rings. The highest BCUT2D eigenvalue weighted by molar-refractivity contribution is 6.77. The van der Waals surface area contributed by atoms with Gasteiger partial charge in [0.05, 0.1) is 52.1 Å². The van der Waals surface area contributed by atoms with Crippen LogP contribution in [0, 0.1) is 0 Å². The first-order valence-electron chi connectivity index (χ1n) is 16.5. The quantitative estimate of drug-likeness (QED) is 0.0485. The first-order chi connectivity index (χ1) is 23.6. The van der Waals surface area contributed by atoms with Gasteiger partial charge in [-0.25, -0.2) is 14.6 Å². The van der Waals surface area contributed by atoms with Gasteiger partial charge in [0.25, 0.3) is 6.01 Å². The molecule has 0 spiro atoms. The van der Waals surface area contributed by atoms with E-state index in [1.807, 2.05) is 12.1 Å². The van der Waals surface area contributed by atoms with Gasteiger partial charge < -0.3 is 42.9 Å². The molecule has 0 bridgehead atoms. The van der Waals surface area contributed by atoms with Gasteiger partial charge in [0, 0.05) is 23.6 Å². The van der Waals surface area contributed by atoms with Crippen molar-refractivity contribution in [2.45, 2.75) is 71.3 Å². The number of aromatic amines is 1. The van der Waals surface area contributed by atoms with Crippen molar-refractivity contribution in [1.82, 2.24) is 9.97 Å². The molecule has 1 atom stereocenters. The standard InChI is InChI=1S/C36H48N2O10Si/c1-8-10-11-12-33(49(5,6)7)47-23-48-36-37-20-28(38-36)34(26-15-14-25(41-3)19-30(26)44-21-32(39)43-9-2)27(35(40)42-4)17-24-13-16-29-31(18-24)46-22-45-29/h13-16,18-20,33H,8-12,17,21-23H2,1-7H3,(H,37,38)/b34-27+. The lowest BCUT2D eigenvalue weighted by Gasteiger charge is -2.28. The number of carbonyl (C=O) groups excluding carboxylic acids is 2. The van der Waals surface area contributed by atoms with Crippen molar-refractivity contribution in [3.63, 3.8) is 0 Å². The molecule has 0 radical (unpaired) electrons. The number of rotatable bonds is 19. The molecular weight excluding hydrogens is 648 g/mol. The highest BCUT2D eigenvalue weighted by Gasteiger charge is 2.28. The lowest BCUT2D eigenvalue weighted by Crippen LogP contribution is -2.41. The zero-order valence-corrected chi connectivity index (χ0v) is 30.5. The SMILES string of the molecule is CCCCCC(OCOc1ncc(/C(=C(\Cc2ccc3c(c2)OCO3)C(=O)OC)c2ccc(OC)cc2OCC(=O)OCC)[nH]1)[Si](C)(C)C. The van der Waals surface area contributed by atoms with Crippen molar-refractivity contribution in [2.24, 2.45) is 0 Å². The summed E-state index contributed by atoms with van der Waals surface area (Å²) in [6, 6.07) is 10.8. The number of hydrogen-bond donors (Lipinski definition) is 1. The number of nitrogens with zero attached hydrogens (tertiary/aromatic N) is 1. The number of unbranched alkanes of at least 4 members (excludes halogenated alkanes) is 2.